The number of rotatable bonds is 10. The molecular formula is C34H33IN2O3. The molecule has 6 rings (SSSR count). The van der Waals surface area contributed by atoms with Crippen LogP contribution in [0.3, 0.4) is 0 Å². The zero-order chi connectivity index (χ0) is 26.6. The fraction of sp³-hybridized carbons (Fsp3) is 0.206. The minimum absolute atomic E-state index is 0. The monoisotopic (exact) mass is 644 g/mol. The molecule has 0 saturated carbocycles. The molecule has 40 heavy (non-hydrogen) atoms. The van der Waals surface area contributed by atoms with Crippen molar-refractivity contribution < 1.29 is 43.1 Å². The Morgan fingerprint density at radius 1 is 0.725 bits per heavy atom. The summed E-state index contributed by atoms with van der Waals surface area (Å²) < 4.78 is 15.4. The van der Waals surface area contributed by atoms with Crippen molar-refractivity contribution in [1.29, 1.82) is 0 Å². The molecular weight excluding hydrogens is 611 g/mol. The van der Waals surface area contributed by atoms with E-state index in [0.29, 0.717) is 26.4 Å². The molecule has 0 atom stereocenters. The number of hydrogen-bond donors (Lipinski definition) is 1. The molecule has 204 valence electrons. The topological polar surface area (TPSA) is 47.5 Å². The smallest absolute Gasteiger partial charge is 0.213 e. The van der Waals surface area contributed by atoms with Gasteiger partial charge in [-0.3, -0.25) is 0 Å². The van der Waals surface area contributed by atoms with Crippen LogP contribution in [0.1, 0.15) is 11.1 Å². The van der Waals surface area contributed by atoms with Gasteiger partial charge in [-0.1, -0.05) is 60.7 Å². The largest absolute Gasteiger partial charge is 1.00 e. The minimum atomic E-state index is 0. The number of fused-ring (bicyclic) bond motifs is 5. The van der Waals surface area contributed by atoms with Crippen LogP contribution in [0.4, 0.5) is 0 Å². The van der Waals surface area contributed by atoms with Crippen molar-refractivity contribution in [3.05, 3.63) is 102 Å². The highest BCUT2D eigenvalue weighted by atomic mass is 127. The van der Waals surface area contributed by atoms with Crippen molar-refractivity contribution in [3.63, 3.8) is 0 Å². The number of aliphatic hydroxyl groups excluding tert-OH is 1. The van der Waals surface area contributed by atoms with Gasteiger partial charge in [0.25, 0.3) is 0 Å². The lowest BCUT2D eigenvalue weighted by molar-refractivity contribution is -0.646. The van der Waals surface area contributed by atoms with Crippen LogP contribution in [-0.4, -0.2) is 43.2 Å². The van der Waals surface area contributed by atoms with Crippen molar-refractivity contribution >= 4 is 55.8 Å². The van der Waals surface area contributed by atoms with Crippen molar-refractivity contribution in [2.75, 3.05) is 33.5 Å². The van der Waals surface area contributed by atoms with E-state index in [4.69, 9.17) is 9.47 Å². The Kier molecular flexibility index (Phi) is 9.11. The first-order valence-corrected chi connectivity index (χ1v) is 13.5. The summed E-state index contributed by atoms with van der Waals surface area (Å²) in [5.74, 6) is 0. The van der Waals surface area contributed by atoms with E-state index in [1.54, 1.807) is 7.11 Å². The second-order valence-electron chi connectivity index (χ2n) is 9.71. The molecule has 0 aliphatic heterocycles. The Hall–Kier alpha value is -3.30. The van der Waals surface area contributed by atoms with Crippen LogP contribution in [0.2, 0.25) is 0 Å². The number of ether oxygens (including phenoxy) is 2. The fourth-order valence-corrected chi connectivity index (χ4v) is 5.66. The van der Waals surface area contributed by atoms with Crippen LogP contribution in [0.5, 0.6) is 0 Å². The quantitative estimate of drug-likeness (QED) is 0.108. The summed E-state index contributed by atoms with van der Waals surface area (Å²) in [6.45, 7) is 3.30. The van der Waals surface area contributed by atoms with E-state index < -0.39 is 0 Å². The molecule has 6 aromatic rings. The average Bonchev–Trinajstić information content (AvgIpc) is 3.29. The number of nitrogens with zero attached hydrogens (tertiary/aromatic N) is 2. The molecule has 4 aromatic carbocycles. The predicted octanol–water partition coefficient (Wildman–Crippen LogP) is 3.22. The van der Waals surface area contributed by atoms with Gasteiger partial charge < -0.3 is 43.1 Å². The molecule has 2 heterocycles. The molecule has 5 nitrogen and oxygen atoms in total. The van der Waals surface area contributed by atoms with Crippen LogP contribution in [0.15, 0.2) is 91.0 Å². The van der Waals surface area contributed by atoms with E-state index in [1.165, 1.54) is 38.1 Å². The van der Waals surface area contributed by atoms with Crippen molar-refractivity contribution in [2.45, 2.75) is 13.1 Å². The number of aliphatic hydroxyl groups is 1. The summed E-state index contributed by atoms with van der Waals surface area (Å²) in [4.78, 5) is 0. The lowest BCUT2D eigenvalue weighted by atomic mass is 10.00. The van der Waals surface area contributed by atoms with Gasteiger partial charge in [-0.15, -0.1) is 0 Å². The van der Waals surface area contributed by atoms with E-state index in [0.717, 1.165) is 23.1 Å². The minimum Gasteiger partial charge on any atom is -1.00 e. The average molecular weight is 645 g/mol. The number of pyridine rings is 1. The Balaban J connectivity index is 0.00000323. The number of benzene rings is 4. The van der Waals surface area contributed by atoms with Crippen molar-refractivity contribution in [2.24, 2.45) is 0 Å². The van der Waals surface area contributed by atoms with Crippen LogP contribution < -0.4 is 28.5 Å². The van der Waals surface area contributed by atoms with Gasteiger partial charge in [0, 0.05) is 53.2 Å². The number of aromatic nitrogens is 2. The lowest BCUT2D eigenvalue weighted by Crippen LogP contribution is -3.00. The van der Waals surface area contributed by atoms with Crippen LogP contribution in [0, 0.1) is 0 Å². The van der Waals surface area contributed by atoms with Gasteiger partial charge in [-0.2, -0.15) is 4.57 Å². The van der Waals surface area contributed by atoms with Crippen LogP contribution in [0.25, 0.3) is 55.8 Å². The molecule has 0 saturated heterocycles. The number of para-hydroxylation sites is 3. The van der Waals surface area contributed by atoms with Gasteiger partial charge in [0.05, 0.1) is 30.6 Å². The molecule has 0 spiro atoms. The summed E-state index contributed by atoms with van der Waals surface area (Å²) in [5.41, 5.74) is 7.02. The lowest BCUT2D eigenvalue weighted by Gasteiger charge is -2.09. The highest BCUT2D eigenvalue weighted by Crippen LogP contribution is 2.31. The Morgan fingerprint density at radius 3 is 2.08 bits per heavy atom. The molecule has 0 bridgehead atoms. The van der Waals surface area contributed by atoms with E-state index in [1.807, 2.05) is 0 Å². The molecule has 0 unspecified atom stereocenters. The van der Waals surface area contributed by atoms with Gasteiger partial charge in [0.2, 0.25) is 11.0 Å². The van der Waals surface area contributed by atoms with Crippen molar-refractivity contribution in [1.82, 2.24) is 4.57 Å². The van der Waals surface area contributed by atoms with Gasteiger partial charge >= 0.3 is 0 Å². The second kappa shape index (κ2) is 12.9. The first-order chi connectivity index (χ1) is 19.3. The number of halogens is 1. The first-order valence-electron chi connectivity index (χ1n) is 13.5. The molecule has 1 N–H and O–H groups in total. The van der Waals surface area contributed by atoms with Gasteiger partial charge in [0.1, 0.15) is 6.61 Å². The summed E-state index contributed by atoms with van der Waals surface area (Å²) >= 11 is 0. The van der Waals surface area contributed by atoms with Crippen molar-refractivity contribution in [3.8, 4) is 0 Å². The molecule has 0 radical (unpaired) electrons. The molecule has 6 heteroatoms. The third kappa shape index (κ3) is 5.37. The third-order valence-corrected chi connectivity index (χ3v) is 7.42. The summed E-state index contributed by atoms with van der Waals surface area (Å²) in [6.07, 6.45) is 4.45. The Labute approximate surface area is 251 Å². The maximum Gasteiger partial charge on any atom is 0.213 e. The van der Waals surface area contributed by atoms with Crippen LogP contribution in [-0.2, 0) is 22.6 Å². The van der Waals surface area contributed by atoms with Gasteiger partial charge in [-0.25, -0.2) is 0 Å². The van der Waals surface area contributed by atoms with Gasteiger partial charge in [-0.05, 0) is 35.9 Å². The number of methoxy groups -OCH3 is 1. The van der Waals surface area contributed by atoms with E-state index >= 15 is 0 Å². The fourth-order valence-electron chi connectivity index (χ4n) is 5.66. The SMILES string of the molecule is COCCOCCn1c2ccccc2c2cc(/C=C/c3c4ccccc4[n+](CCO)c4ccccc34)ccc21.[I-]. The zero-order valence-electron chi connectivity index (χ0n) is 22.6. The third-order valence-electron chi connectivity index (χ3n) is 7.42. The summed E-state index contributed by atoms with van der Waals surface area (Å²) in [5, 5.41) is 14.6. The van der Waals surface area contributed by atoms with E-state index in [2.05, 4.69) is 112 Å². The predicted molar refractivity (Wildman–Crippen MR) is 160 cm³/mol. The standard InChI is InChI=1S/C34H33N2O3.HI/c1-38-22-23-39-21-19-36-33-13-7-4-10-29(33)30-24-25(15-17-34(30)36)14-16-26-27-8-2-5-11-31(27)35(18-20-37)32-12-6-3-9-28(26)32;/h2-17,24,37H,18-23H2,1H3;1H/q+1;/p-1. The Bertz CT molecular complexity index is 1750. The van der Waals surface area contributed by atoms with E-state index in [-0.39, 0.29) is 30.6 Å². The summed E-state index contributed by atoms with van der Waals surface area (Å²) in [7, 11) is 1.69. The maximum absolute atomic E-state index is 9.76. The normalized spacial score (nSPS) is 11.8. The number of hydrogen-bond acceptors (Lipinski definition) is 3. The molecule has 0 aliphatic rings. The second-order valence-corrected chi connectivity index (χ2v) is 9.71. The molecule has 0 aliphatic carbocycles. The Morgan fingerprint density at radius 2 is 1.38 bits per heavy atom. The highest BCUT2D eigenvalue weighted by molar-refractivity contribution is 6.09. The van der Waals surface area contributed by atoms with Crippen LogP contribution >= 0.6 is 0 Å². The molecule has 2 aromatic heterocycles. The summed E-state index contributed by atoms with van der Waals surface area (Å²) in [6, 6.07) is 32.2. The molecule has 0 amide bonds. The van der Waals surface area contributed by atoms with E-state index in [9.17, 15) is 5.11 Å². The first kappa shape index (κ1) is 28.2. The van der Waals surface area contributed by atoms with Gasteiger partial charge in [0.15, 0.2) is 6.54 Å². The zero-order valence-corrected chi connectivity index (χ0v) is 24.8. The highest BCUT2D eigenvalue weighted by Gasteiger charge is 2.18. The maximum atomic E-state index is 9.76. The molecule has 0 fully saturated rings.